The summed E-state index contributed by atoms with van der Waals surface area (Å²) in [6, 6.07) is 11.6. The lowest BCUT2D eigenvalue weighted by atomic mass is 10.2. The zero-order chi connectivity index (χ0) is 14.7. The average molecular weight is 339 g/mol. The SMILES string of the molecule is O=C(c1ccccc1)N(Br)c1ccc(F)c([N+](=O)[O-])c1. The molecular weight excluding hydrogens is 331 g/mol. The molecule has 2 rings (SSSR count). The number of carbonyl (C=O) groups is 1. The molecular formula is C13H8BrFN2O3. The maximum absolute atomic E-state index is 13.2. The van der Waals surface area contributed by atoms with Crippen molar-refractivity contribution < 1.29 is 14.1 Å². The van der Waals surface area contributed by atoms with Crippen molar-refractivity contribution in [2.45, 2.75) is 0 Å². The van der Waals surface area contributed by atoms with Crippen LogP contribution in [0, 0.1) is 15.9 Å². The summed E-state index contributed by atoms with van der Waals surface area (Å²) in [5.41, 5.74) is -0.115. The van der Waals surface area contributed by atoms with Gasteiger partial charge in [0.1, 0.15) is 0 Å². The molecule has 0 fully saturated rings. The molecule has 0 bridgehead atoms. The van der Waals surface area contributed by atoms with Gasteiger partial charge in [-0.3, -0.25) is 14.9 Å². The summed E-state index contributed by atoms with van der Waals surface area (Å²) in [5.74, 6) is -1.36. The third-order valence-corrected chi connectivity index (χ3v) is 3.28. The van der Waals surface area contributed by atoms with Crippen LogP contribution in [0.1, 0.15) is 10.4 Å². The van der Waals surface area contributed by atoms with Crippen molar-refractivity contribution in [2.75, 3.05) is 3.93 Å². The summed E-state index contributed by atoms with van der Waals surface area (Å²) < 4.78 is 14.3. The summed E-state index contributed by atoms with van der Waals surface area (Å²) in [6.07, 6.45) is 0. The first-order valence-electron chi connectivity index (χ1n) is 5.50. The van der Waals surface area contributed by atoms with Crippen molar-refractivity contribution in [2.24, 2.45) is 0 Å². The number of benzene rings is 2. The highest BCUT2D eigenvalue weighted by atomic mass is 79.9. The molecule has 0 spiro atoms. The summed E-state index contributed by atoms with van der Waals surface area (Å²) >= 11 is 3.03. The molecule has 0 saturated heterocycles. The number of hydrogen-bond donors (Lipinski definition) is 0. The quantitative estimate of drug-likeness (QED) is 0.487. The fraction of sp³-hybridized carbons (Fsp3) is 0. The highest BCUT2D eigenvalue weighted by Crippen LogP contribution is 2.27. The number of hydrogen-bond acceptors (Lipinski definition) is 3. The Morgan fingerprint density at radius 2 is 1.85 bits per heavy atom. The summed E-state index contributed by atoms with van der Waals surface area (Å²) in [5, 5.41) is 10.7. The molecule has 20 heavy (non-hydrogen) atoms. The van der Waals surface area contributed by atoms with Gasteiger partial charge in [0.15, 0.2) is 0 Å². The molecule has 0 aliphatic carbocycles. The van der Waals surface area contributed by atoms with E-state index in [1.165, 1.54) is 6.07 Å². The van der Waals surface area contributed by atoms with Gasteiger partial charge in [0, 0.05) is 11.6 Å². The smallest absolute Gasteiger partial charge is 0.268 e. The molecule has 0 N–H and O–H groups in total. The van der Waals surface area contributed by atoms with E-state index in [0.29, 0.717) is 5.56 Å². The van der Waals surface area contributed by atoms with Crippen molar-refractivity contribution in [3.63, 3.8) is 0 Å². The second kappa shape index (κ2) is 5.79. The fourth-order valence-corrected chi connectivity index (χ4v) is 2.00. The molecule has 0 aliphatic rings. The van der Waals surface area contributed by atoms with Crippen LogP contribution in [0.4, 0.5) is 15.8 Å². The molecule has 2 aromatic carbocycles. The average Bonchev–Trinajstić information content (AvgIpc) is 2.47. The molecule has 0 heterocycles. The molecule has 0 saturated carbocycles. The van der Waals surface area contributed by atoms with E-state index < -0.39 is 22.3 Å². The number of nitro benzene ring substituents is 1. The summed E-state index contributed by atoms with van der Waals surface area (Å²) in [7, 11) is 0. The van der Waals surface area contributed by atoms with Crippen LogP contribution >= 0.6 is 16.1 Å². The molecule has 2 aromatic rings. The van der Waals surface area contributed by atoms with E-state index in [-0.39, 0.29) is 5.69 Å². The highest BCUT2D eigenvalue weighted by Gasteiger charge is 2.20. The lowest BCUT2D eigenvalue weighted by Crippen LogP contribution is -2.20. The van der Waals surface area contributed by atoms with Gasteiger partial charge in [0.2, 0.25) is 5.82 Å². The van der Waals surface area contributed by atoms with Crippen molar-refractivity contribution in [1.29, 1.82) is 0 Å². The van der Waals surface area contributed by atoms with E-state index >= 15 is 0 Å². The number of halogens is 2. The number of rotatable bonds is 3. The van der Waals surface area contributed by atoms with E-state index in [0.717, 1.165) is 16.1 Å². The van der Waals surface area contributed by atoms with Crippen LogP contribution in [-0.2, 0) is 0 Å². The van der Waals surface area contributed by atoms with Gasteiger partial charge in [-0.15, -0.1) is 0 Å². The highest BCUT2D eigenvalue weighted by molar-refractivity contribution is 9.10. The van der Waals surface area contributed by atoms with Gasteiger partial charge >= 0.3 is 5.69 Å². The minimum atomic E-state index is -0.952. The minimum absolute atomic E-state index is 0.173. The monoisotopic (exact) mass is 338 g/mol. The predicted octanol–water partition coefficient (Wildman–Crippen LogP) is 3.69. The number of carbonyl (C=O) groups excluding carboxylic acids is 1. The summed E-state index contributed by atoms with van der Waals surface area (Å²) in [4.78, 5) is 22.0. The van der Waals surface area contributed by atoms with Crippen molar-refractivity contribution >= 4 is 33.4 Å². The fourth-order valence-electron chi connectivity index (χ4n) is 1.57. The van der Waals surface area contributed by atoms with Gasteiger partial charge in [-0.1, -0.05) is 18.2 Å². The maximum Gasteiger partial charge on any atom is 0.306 e. The standard InChI is InChI=1S/C13H8BrFN2O3/c14-16(13(18)9-4-2-1-3-5-9)10-6-7-11(15)12(8-10)17(19)20/h1-8H. The third-order valence-electron chi connectivity index (χ3n) is 2.55. The number of nitro groups is 1. The van der Waals surface area contributed by atoms with Crippen molar-refractivity contribution in [3.05, 3.63) is 70.0 Å². The van der Waals surface area contributed by atoms with E-state index in [4.69, 9.17) is 0 Å². The molecule has 0 aliphatic heterocycles. The van der Waals surface area contributed by atoms with Gasteiger partial charge < -0.3 is 0 Å². The largest absolute Gasteiger partial charge is 0.306 e. The second-order valence-electron chi connectivity index (χ2n) is 3.84. The van der Waals surface area contributed by atoms with E-state index in [9.17, 15) is 19.3 Å². The molecule has 1 amide bonds. The minimum Gasteiger partial charge on any atom is -0.268 e. The Hall–Kier alpha value is -2.28. The Kier molecular flexibility index (Phi) is 4.09. The summed E-state index contributed by atoms with van der Waals surface area (Å²) in [6.45, 7) is 0. The zero-order valence-corrected chi connectivity index (χ0v) is 11.6. The van der Waals surface area contributed by atoms with Gasteiger partial charge in [0.25, 0.3) is 5.91 Å². The topological polar surface area (TPSA) is 63.5 Å². The molecule has 102 valence electrons. The third kappa shape index (κ3) is 2.83. The Morgan fingerprint density at radius 3 is 2.45 bits per heavy atom. The first-order chi connectivity index (χ1) is 9.50. The first-order valence-corrected chi connectivity index (χ1v) is 6.21. The van der Waals surface area contributed by atoms with Gasteiger partial charge in [-0.05, 0) is 24.3 Å². The van der Waals surface area contributed by atoms with Gasteiger partial charge in [-0.2, -0.15) is 4.39 Å². The van der Waals surface area contributed by atoms with Crippen LogP contribution in [0.2, 0.25) is 0 Å². The molecule has 5 nitrogen and oxygen atoms in total. The normalized spacial score (nSPS) is 10.1. The van der Waals surface area contributed by atoms with Crippen LogP contribution < -0.4 is 3.93 Å². The zero-order valence-electron chi connectivity index (χ0n) is 9.99. The van der Waals surface area contributed by atoms with Crippen LogP contribution in [0.3, 0.4) is 0 Å². The second-order valence-corrected chi connectivity index (χ2v) is 4.55. The van der Waals surface area contributed by atoms with Crippen LogP contribution in [0.15, 0.2) is 48.5 Å². The van der Waals surface area contributed by atoms with Crippen molar-refractivity contribution in [3.8, 4) is 0 Å². The van der Waals surface area contributed by atoms with E-state index in [2.05, 4.69) is 16.1 Å². The van der Waals surface area contributed by atoms with Crippen molar-refractivity contribution in [1.82, 2.24) is 0 Å². The number of anilines is 1. The molecule has 0 aromatic heterocycles. The van der Waals surface area contributed by atoms with Crippen LogP contribution in [-0.4, -0.2) is 10.8 Å². The Balaban J connectivity index is 2.34. The first kappa shape index (κ1) is 14.1. The lowest BCUT2D eigenvalue weighted by Gasteiger charge is -2.14. The molecule has 0 radical (unpaired) electrons. The maximum atomic E-state index is 13.2. The Labute approximate surface area is 122 Å². The number of nitrogens with zero attached hydrogens (tertiary/aromatic N) is 2. The predicted molar refractivity (Wildman–Crippen MR) is 75.2 cm³/mol. The molecule has 0 atom stereocenters. The van der Waals surface area contributed by atoms with Crippen LogP contribution in [0.25, 0.3) is 0 Å². The Bertz CT molecular complexity index is 664. The van der Waals surface area contributed by atoms with E-state index in [1.54, 1.807) is 30.3 Å². The van der Waals surface area contributed by atoms with Crippen LogP contribution in [0.5, 0.6) is 0 Å². The molecule has 0 unspecified atom stereocenters. The van der Waals surface area contributed by atoms with E-state index in [1.807, 2.05) is 0 Å². The van der Waals surface area contributed by atoms with Gasteiger partial charge in [-0.25, -0.2) is 3.93 Å². The van der Waals surface area contributed by atoms with Gasteiger partial charge in [0.05, 0.1) is 26.8 Å². The number of amides is 1. The Morgan fingerprint density at radius 1 is 1.20 bits per heavy atom. The lowest BCUT2D eigenvalue weighted by molar-refractivity contribution is -0.387. The molecule has 7 heteroatoms.